The van der Waals surface area contributed by atoms with Crippen molar-refractivity contribution in [3.8, 4) is 11.5 Å². The minimum absolute atomic E-state index is 0.0691. The van der Waals surface area contributed by atoms with Gasteiger partial charge in [0.05, 0.1) is 12.7 Å². The summed E-state index contributed by atoms with van der Waals surface area (Å²) in [5, 5.41) is 9.41. The van der Waals surface area contributed by atoms with Gasteiger partial charge < -0.3 is 24.6 Å². The molecule has 2 amide bonds. The SMILES string of the molecule is COc1ccc(NC(=O)c2ccc(NC(=O)c3ccccc3OCc3noc(C)n3)cc2)cc1. The van der Waals surface area contributed by atoms with E-state index in [9.17, 15) is 9.59 Å². The maximum absolute atomic E-state index is 12.8. The van der Waals surface area contributed by atoms with Crippen molar-refractivity contribution in [1.82, 2.24) is 10.1 Å². The number of ether oxygens (including phenoxy) is 2. The van der Waals surface area contributed by atoms with E-state index >= 15 is 0 Å². The van der Waals surface area contributed by atoms with E-state index in [2.05, 4.69) is 20.8 Å². The maximum atomic E-state index is 12.8. The molecular formula is C25H22N4O5. The summed E-state index contributed by atoms with van der Waals surface area (Å²) < 4.78 is 15.7. The van der Waals surface area contributed by atoms with E-state index in [1.165, 1.54) is 0 Å². The zero-order valence-corrected chi connectivity index (χ0v) is 18.6. The molecule has 0 spiro atoms. The van der Waals surface area contributed by atoms with Gasteiger partial charge in [0.25, 0.3) is 11.8 Å². The molecule has 34 heavy (non-hydrogen) atoms. The van der Waals surface area contributed by atoms with Crippen LogP contribution in [0.2, 0.25) is 0 Å². The lowest BCUT2D eigenvalue weighted by Crippen LogP contribution is -2.15. The summed E-state index contributed by atoms with van der Waals surface area (Å²) in [6.45, 7) is 1.76. The molecule has 9 heteroatoms. The van der Waals surface area contributed by atoms with Crippen LogP contribution in [-0.4, -0.2) is 29.1 Å². The van der Waals surface area contributed by atoms with Gasteiger partial charge in [0.15, 0.2) is 6.61 Å². The van der Waals surface area contributed by atoms with Crippen LogP contribution in [0, 0.1) is 6.92 Å². The Morgan fingerprint density at radius 2 is 1.53 bits per heavy atom. The lowest BCUT2D eigenvalue weighted by atomic mass is 10.1. The number of aromatic nitrogens is 2. The Kier molecular flexibility index (Phi) is 6.83. The van der Waals surface area contributed by atoms with Gasteiger partial charge >= 0.3 is 0 Å². The first-order valence-corrected chi connectivity index (χ1v) is 10.4. The van der Waals surface area contributed by atoms with Crippen molar-refractivity contribution < 1.29 is 23.6 Å². The lowest BCUT2D eigenvalue weighted by Gasteiger charge is -2.11. The molecule has 0 bridgehead atoms. The molecule has 1 heterocycles. The van der Waals surface area contributed by atoms with Crippen LogP contribution in [0.1, 0.15) is 32.4 Å². The van der Waals surface area contributed by atoms with Crippen LogP contribution in [0.5, 0.6) is 11.5 Å². The molecule has 0 atom stereocenters. The van der Waals surface area contributed by atoms with Gasteiger partial charge in [-0.1, -0.05) is 17.3 Å². The average molecular weight is 458 g/mol. The third kappa shape index (κ3) is 5.57. The van der Waals surface area contributed by atoms with E-state index in [0.717, 1.165) is 0 Å². The van der Waals surface area contributed by atoms with Crippen molar-refractivity contribution in [1.29, 1.82) is 0 Å². The molecule has 0 aliphatic carbocycles. The molecular weight excluding hydrogens is 436 g/mol. The molecule has 0 fully saturated rings. The van der Waals surface area contributed by atoms with Crippen molar-refractivity contribution >= 4 is 23.2 Å². The van der Waals surface area contributed by atoms with Crippen molar-refractivity contribution in [3.05, 3.63) is 95.6 Å². The topological polar surface area (TPSA) is 116 Å². The molecule has 0 aliphatic rings. The highest BCUT2D eigenvalue weighted by atomic mass is 16.5. The molecule has 4 rings (SSSR count). The van der Waals surface area contributed by atoms with Gasteiger partial charge in [-0.05, 0) is 60.7 Å². The number of nitrogens with zero attached hydrogens (tertiary/aromatic N) is 2. The molecule has 0 unspecified atom stereocenters. The number of hydrogen-bond acceptors (Lipinski definition) is 7. The number of aryl methyl sites for hydroxylation is 1. The van der Waals surface area contributed by atoms with Crippen molar-refractivity contribution in [2.24, 2.45) is 0 Å². The maximum Gasteiger partial charge on any atom is 0.259 e. The molecule has 0 aliphatic heterocycles. The number of carbonyl (C=O) groups is 2. The molecule has 0 radical (unpaired) electrons. The summed E-state index contributed by atoms with van der Waals surface area (Å²) in [4.78, 5) is 29.4. The minimum Gasteiger partial charge on any atom is -0.497 e. The molecule has 0 saturated carbocycles. The molecule has 3 aromatic carbocycles. The zero-order valence-electron chi connectivity index (χ0n) is 18.6. The third-order valence-electron chi connectivity index (χ3n) is 4.81. The first-order chi connectivity index (χ1) is 16.5. The first kappa shape index (κ1) is 22.5. The number of nitrogens with one attached hydrogen (secondary N) is 2. The van der Waals surface area contributed by atoms with Gasteiger partial charge in [0, 0.05) is 23.9 Å². The van der Waals surface area contributed by atoms with E-state index < -0.39 is 0 Å². The van der Waals surface area contributed by atoms with Crippen LogP contribution >= 0.6 is 0 Å². The summed E-state index contributed by atoms with van der Waals surface area (Å²) in [6.07, 6.45) is 0. The fourth-order valence-corrected chi connectivity index (χ4v) is 3.10. The molecule has 4 aromatic rings. The third-order valence-corrected chi connectivity index (χ3v) is 4.81. The number of hydrogen-bond donors (Lipinski definition) is 2. The second-order valence-electron chi connectivity index (χ2n) is 7.23. The van der Waals surface area contributed by atoms with E-state index in [-0.39, 0.29) is 18.4 Å². The smallest absolute Gasteiger partial charge is 0.259 e. The van der Waals surface area contributed by atoms with Crippen LogP contribution in [0.3, 0.4) is 0 Å². The second-order valence-corrected chi connectivity index (χ2v) is 7.23. The van der Waals surface area contributed by atoms with Crippen LogP contribution in [0.25, 0.3) is 0 Å². The van der Waals surface area contributed by atoms with Gasteiger partial charge in [0.2, 0.25) is 11.7 Å². The van der Waals surface area contributed by atoms with Crippen LogP contribution < -0.4 is 20.1 Å². The molecule has 172 valence electrons. The fourth-order valence-electron chi connectivity index (χ4n) is 3.10. The predicted octanol–water partition coefficient (Wildman–Crippen LogP) is 4.47. The van der Waals surface area contributed by atoms with Crippen molar-refractivity contribution in [2.45, 2.75) is 13.5 Å². The molecule has 0 saturated heterocycles. The number of anilines is 2. The van der Waals surface area contributed by atoms with Crippen LogP contribution in [0.15, 0.2) is 77.3 Å². The van der Waals surface area contributed by atoms with Crippen molar-refractivity contribution in [3.63, 3.8) is 0 Å². The van der Waals surface area contributed by atoms with Gasteiger partial charge in [-0.25, -0.2) is 0 Å². The fraction of sp³-hybridized carbons (Fsp3) is 0.120. The molecule has 2 N–H and O–H groups in total. The normalized spacial score (nSPS) is 10.4. The van der Waals surface area contributed by atoms with E-state index in [4.69, 9.17) is 14.0 Å². The Morgan fingerprint density at radius 1 is 0.882 bits per heavy atom. The monoisotopic (exact) mass is 458 g/mol. The Balaban J connectivity index is 1.38. The van der Waals surface area contributed by atoms with Crippen LogP contribution in [-0.2, 0) is 6.61 Å². The standard InChI is InChI=1S/C25H22N4O5/c1-16-26-23(29-34-16)15-33-22-6-4-3-5-21(22)25(31)28-18-9-7-17(8-10-18)24(30)27-19-11-13-20(32-2)14-12-19/h3-14H,15H2,1-2H3,(H,27,30)(H,28,31). The first-order valence-electron chi connectivity index (χ1n) is 10.4. The number of rotatable bonds is 8. The number of amides is 2. The summed E-state index contributed by atoms with van der Waals surface area (Å²) >= 11 is 0. The van der Waals surface area contributed by atoms with Gasteiger partial charge in [-0.3, -0.25) is 9.59 Å². The van der Waals surface area contributed by atoms with Gasteiger partial charge in [-0.2, -0.15) is 4.98 Å². The Hall–Kier alpha value is -4.66. The zero-order chi connectivity index (χ0) is 23.9. The Bertz CT molecular complexity index is 1280. The molecule has 9 nitrogen and oxygen atoms in total. The predicted molar refractivity (Wildman–Crippen MR) is 125 cm³/mol. The Morgan fingerprint density at radius 3 is 2.18 bits per heavy atom. The van der Waals surface area contributed by atoms with E-state index in [1.54, 1.807) is 86.8 Å². The second kappa shape index (κ2) is 10.3. The van der Waals surface area contributed by atoms with E-state index in [0.29, 0.717) is 45.7 Å². The molecule has 1 aromatic heterocycles. The quantitative estimate of drug-likeness (QED) is 0.400. The largest absolute Gasteiger partial charge is 0.497 e. The number of benzene rings is 3. The highest BCUT2D eigenvalue weighted by molar-refractivity contribution is 6.07. The van der Waals surface area contributed by atoms with Gasteiger partial charge in [-0.15, -0.1) is 0 Å². The van der Waals surface area contributed by atoms with E-state index in [1.807, 2.05) is 0 Å². The Labute approximate surface area is 195 Å². The highest BCUT2D eigenvalue weighted by Gasteiger charge is 2.14. The summed E-state index contributed by atoms with van der Waals surface area (Å²) in [7, 11) is 1.58. The van der Waals surface area contributed by atoms with Gasteiger partial charge in [0.1, 0.15) is 11.5 Å². The highest BCUT2D eigenvalue weighted by Crippen LogP contribution is 2.21. The summed E-state index contributed by atoms with van der Waals surface area (Å²) in [5.41, 5.74) is 1.99. The lowest BCUT2D eigenvalue weighted by molar-refractivity contribution is 0.101. The number of carbonyl (C=O) groups excluding carboxylic acids is 2. The number of methoxy groups -OCH3 is 1. The summed E-state index contributed by atoms with van der Waals surface area (Å²) in [5.74, 6) is 1.30. The van der Waals surface area contributed by atoms with Crippen LogP contribution in [0.4, 0.5) is 11.4 Å². The number of para-hydroxylation sites is 1. The average Bonchev–Trinajstić information content (AvgIpc) is 3.28. The van der Waals surface area contributed by atoms with Crippen molar-refractivity contribution in [2.75, 3.05) is 17.7 Å². The summed E-state index contributed by atoms with van der Waals surface area (Å²) in [6, 6.07) is 20.5. The minimum atomic E-state index is -0.352.